The Balaban J connectivity index is 1.84. The number of hydrogen-bond donors (Lipinski definition) is 0. The summed E-state index contributed by atoms with van der Waals surface area (Å²) < 4.78 is 27.4. The van der Waals surface area contributed by atoms with E-state index in [4.69, 9.17) is 11.6 Å². The van der Waals surface area contributed by atoms with Crippen molar-refractivity contribution in [2.45, 2.75) is 38.0 Å². The molecule has 2 aromatic rings. The third kappa shape index (κ3) is 2.36. The molecule has 23 heavy (non-hydrogen) atoms. The lowest BCUT2D eigenvalue weighted by atomic mass is 10.0. The van der Waals surface area contributed by atoms with Crippen molar-refractivity contribution in [2.24, 2.45) is 0 Å². The van der Waals surface area contributed by atoms with E-state index in [2.05, 4.69) is 15.0 Å². The minimum absolute atomic E-state index is 0.0505. The molecular weight excluding hydrogens is 322 g/mol. The van der Waals surface area contributed by atoms with Gasteiger partial charge in [-0.05, 0) is 31.9 Å². The Kier molecular flexibility index (Phi) is 2.95. The zero-order valence-electron chi connectivity index (χ0n) is 12.8. The first kappa shape index (κ1) is 14.8. The number of anilines is 2. The molecule has 1 aliphatic heterocycles. The van der Waals surface area contributed by atoms with E-state index in [1.54, 1.807) is 19.2 Å². The Bertz CT molecular complexity index is 799. The summed E-state index contributed by atoms with van der Waals surface area (Å²) in [5.41, 5.74) is 2.29. The molecule has 120 valence electrons. The predicted molar refractivity (Wildman–Crippen MR) is 83.5 cm³/mol. The van der Waals surface area contributed by atoms with Crippen molar-refractivity contribution in [3.63, 3.8) is 0 Å². The minimum atomic E-state index is -3.00. The fourth-order valence-corrected chi connectivity index (χ4v) is 3.33. The minimum Gasteiger partial charge on any atom is -0.309 e. The second-order valence-corrected chi connectivity index (χ2v) is 6.86. The van der Waals surface area contributed by atoms with Crippen molar-refractivity contribution in [3.05, 3.63) is 40.4 Å². The number of nitrogens with zero attached hydrogens (tertiary/aromatic N) is 4. The van der Waals surface area contributed by atoms with Crippen LogP contribution in [-0.2, 0) is 11.3 Å². The SMILES string of the molecule is Cc1cc(C(C)(F)F)nc(N2CC3(CC3)c3cnc(Cl)cc32)n1. The van der Waals surface area contributed by atoms with Crippen LogP contribution in [-0.4, -0.2) is 21.5 Å². The number of rotatable bonds is 2. The number of hydrogen-bond acceptors (Lipinski definition) is 4. The van der Waals surface area contributed by atoms with Crippen molar-refractivity contribution in [3.8, 4) is 0 Å². The van der Waals surface area contributed by atoms with Crippen LogP contribution in [0.25, 0.3) is 0 Å². The highest BCUT2D eigenvalue weighted by Gasteiger charge is 2.53. The molecule has 0 aromatic carbocycles. The summed E-state index contributed by atoms with van der Waals surface area (Å²) >= 11 is 6.03. The standard InChI is InChI=1S/C16H15ClF2N4/c1-9-5-12(15(2,18)19)22-14(21-9)23-8-16(3-4-16)10-7-20-13(17)6-11(10)23/h5-7H,3-4,8H2,1-2H3. The van der Waals surface area contributed by atoms with Gasteiger partial charge in [0.1, 0.15) is 10.8 Å². The molecule has 2 aromatic heterocycles. The molecule has 0 atom stereocenters. The highest BCUT2D eigenvalue weighted by atomic mass is 35.5. The number of halogens is 3. The van der Waals surface area contributed by atoms with E-state index in [-0.39, 0.29) is 11.1 Å². The molecule has 0 amide bonds. The van der Waals surface area contributed by atoms with Gasteiger partial charge in [-0.3, -0.25) is 0 Å². The maximum absolute atomic E-state index is 13.7. The highest BCUT2D eigenvalue weighted by Crippen LogP contribution is 2.57. The Hall–Kier alpha value is -1.82. The fourth-order valence-electron chi connectivity index (χ4n) is 3.18. The van der Waals surface area contributed by atoms with E-state index in [0.29, 0.717) is 23.3 Å². The molecule has 1 spiro atoms. The third-order valence-corrected chi connectivity index (χ3v) is 4.77. The first-order chi connectivity index (χ1) is 10.8. The zero-order chi connectivity index (χ0) is 16.4. The lowest BCUT2D eigenvalue weighted by molar-refractivity contribution is 0.0126. The van der Waals surface area contributed by atoms with E-state index in [9.17, 15) is 8.78 Å². The smallest absolute Gasteiger partial charge is 0.287 e. The van der Waals surface area contributed by atoms with Crippen molar-refractivity contribution < 1.29 is 8.78 Å². The summed E-state index contributed by atoms with van der Waals surface area (Å²) in [7, 11) is 0. The molecule has 1 aliphatic carbocycles. The van der Waals surface area contributed by atoms with E-state index >= 15 is 0 Å². The zero-order valence-corrected chi connectivity index (χ0v) is 13.5. The number of aromatic nitrogens is 3. The van der Waals surface area contributed by atoms with Gasteiger partial charge in [0, 0.05) is 36.3 Å². The Labute approximate surface area is 137 Å². The summed E-state index contributed by atoms with van der Waals surface area (Å²) in [6.07, 6.45) is 3.90. The average molecular weight is 337 g/mol. The lowest BCUT2D eigenvalue weighted by Crippen LogP contribution is -2.23. The van der Waals surface area contributed by atoms with Gasteiger partial charge in [-0.15, -0.1) is 0 Å². The van der Waals surface area contributed by atoms with Crippen LogP contribution in [0.15, 0.2) is 18.3 Å². The van der Waals surface area contributed by atoms with E-state index in [0.717, 1.165) is 31.0 Å². The van der Waals surface area contributed by atoms with E-state index < -0.39 is 5.92 Å². The quantitative estimate of drug-likeness (QED) is 0.773. The number of alkyl halides is 2. The van der Waals surface area contributed by atoms with Crippen molar-refractivity contribution >= 4 is 23.2 Å². The van der Waals surface area contributed by atoms with Crippen molar-refractivity contribution in [2.75, 3.05) is 11.4 Å². The van der Waals surface area contributed by atoms with Crippen molar-refractivity contribution in [1.29, 1.82) is 0 Å². The summed E-state index contributed by atoms with van der Waals surface area (Å²) in [5.74, 6) is -2.70. The molecule has 0 bridgehead atoms. The molecule has 3 heterocycles. The Morgan fingerprint density at radius 2 is 2.00 bits per heavy atom. The van der Waals surface area contributed by atoms with Gasteiger partial charge in [0.25, 0.3) is 5.92 Å². The monoisotopic (exact) mass is 336 g/mol. The van der Waals surface area contributed by atoms with Gasteiger partial charge in [-0.25, -0.2) is 15.0 Å². The molecule has 0 saturated heterocycles. The van der Waals surface area contributed by atoms with Gasteiger partial charge < -0.3 is 4.90 Å². The van der Waals surface area contributed by atoms with Crippen LogP contribution in [0.4, 0.5) is 20.4 Å². The molecule has 1 saturated carbocycles. The van der Waals surface area contributed by atoms with E-state index in [1.165, 1.54) is 6.07 Å². The first-order valence-electron chi connectivity index (χ1n) is 7.46. The summed E-state index contributed by atoms with van der Waals surface area (Å²) in [5, 5.41) is 0.375. The van der Waals surface area contributed by atoms with Crippen LogP contribution in [0.5, 0.6) is 0 Å². The topological polar surface area (TPSA) is 41.9 Å². The largest absolute Gasteiger partial charge is 0.309 e. The molecule has 0 unspecified atom stereocenters. The van der Waals surface area contributed by atoms with Gasteiger partial charge in [0.2, 0.25) is 5.95 Å². The number of aryl methyl sites for hydroxylation is 1. The fraction of sp³-hybridized carbons (Fsp3) is 0.438. The van der Waals surface area contributed by atoms with Crippen LogP contribution >= 0.6 is 11.6 Å². The number of fused-ring (bicyclic) bond motifs is 2. The van der Waals surface area contributed by atoms with Crippen LogP contribution in [0.1, 0.15) is 36.7 Å². The Morgan fingerprint density at radius 3 is 2.65 bits per heavy atom. The van der Waals surface area contributed by atoms with Gasteiger partial charge in [-0.2, -0.15) is 8.78 Å². The maximum Gasteiger partial charge on any atom is 0.287 e. The summed E-state index contributed by atoms with van der Waals surface area (Å²) in [6.45, 7) is 3.23. The van der Waals surface area contributed by atoms with Crippen LogP contribution in [0.2, 0.25) is 5.15 Å². The predicted octanol–water partition coefficient (Wildman–Crippen LogP) is 4.13. The van der Waals surface area contributed by atoms with Gasteiger partial charge >= 0.3 is 0 Å². The maximum atomic E-state index is 13.7. The normalized spacial score (nSPS) is 18.4. The molecule has 7 heteroatoms. The average Bonchev–Trinajstić information content (AvgIpc) is 3.16. The first-order valence-corrected chi connectivity index (χ1v) is 7.84. The molecule has 0 radical (unpaired) electrons. The van der Waals surface area contributed by atoms with Gasteiger partial charge in [-0.1, -0.05) is 11.6 Å². The second-order valence-electron chi connectivity index (χ2n) is 6.47. The number of pyridine rings is 1. The second kappa shape index (κ2) is 4.60. The molecule has 4 rings (SSSR count). The summed E-state index contributed by atoms with van der Waals surface area (Å²) in [6, 6.07) is 3.09. The third-order valence-electron chi connectivity index (χ3n) is 4.56. The van der Waals surface area contributed by atoms with Gasteiger partial charge in [0.15, 0.2) is 0 Å². The van der Waals surface area contributed by atoms with Crippen molar-refractivity contribution in [1.82, 2.24) is 15.0 Å². The molecule has 2 aliphatic rings. The highest BCUT2D eigenvalue weighted by molar-refractivity contribution is 6.29. The van der Waals surface area contributed by atoms with Crippen LogP contribution in [0, 0.1) is 6.92 Å². The van der Waals surface area contributed by atoms with Gasteiger partial charge in [0.05, 0.1) is 5.69 Å². The molecule has 1 fully saturated rings. The lowest BCUT2D eigenvalue weighted by Gasteiger charge is -2.20. The molecule has 4 nitrogen and oxygen atoms in total. The molecule has 0 N–H and O–H groups in total. The van der Waals surface area contributed by atoms with Crippen LogP contribution < -0.4 is 4.90 Å². The van der Waals surface area contributed by atoms with E-state index in [1.807, 2.05) is 4.90 Å². The summed E-state index contributed by atoms with van der Waals surface area (Å²) in [4.78, 5) is 14.5. The Morgan fingerprint density at radius 1 is 1.26 bits per heavy atom. The molecular formula is C16H15ClF2N4. The van der Waals surface area contributed by atoms with Crippen LogP contribution in [0.3, 0.4) is 0 Å².